The molecular formula is C24H18ClN7O3S. The maximum Gasteiger partial charge on any atom is 0.308 e. The van der Waals surface area contributed by atoms with Crippen molar-refractivity contribution in [3.05, 3.63) is 81.2 Å². The van der Waals surface area contributed by atoms with E-state index < -0.39 is 0 Å². The minimum atomic E-state index is -0.363. The van der Waals surface area contributed by atoms with Gasteiger partial charge in [-0.1, -0.05) is 11.6 Å². The second-order valence-electron chi connectivity index (χ2n) is 8.34. The van der Waals surface area contributed by atoms with Crippen molar-refractivity contribution in [2.45, 2.75) is 25.8 Å². The molecule has 5 aromatic rings. The van der Waals surface area contributed by atoms with Crippen LogP contribution in [0, 0.1) is 0 Å². The molecule has 0 amide bonds. The Morgan fingerprint density at radius 2 is 2.11 bits per heavy atom. The number of ether oxygens (including phenoxy) is 1. The molecule has 0 radical (unpaired) electrons. The molecule has 0 saturated heterocycles. The summed E-state index contributed by atoms with van der Waals surface area (Å²) in [6, 6.07) is 10.6. The average molecular weight is 520 g/mol. The lowest BCUT2D eigenvalue weighted by Crippen LogP contribution is -2.23. The summed E-state index contributed by atoms with van der Waals surface area (Å²) in [6.07, 6.45) is 4.69. The van der Waals surface area contributed by atoms with Crippen molar-refractivity contribution in [1.82, 2.24) is 34.7 Å². The number of halogens is 1. The van der Waals surface area contributed by atoms with E-state index in [-0.39, 0.29) is 17.6 Å². The number of thiophene rings is 1. The first-order valence-corrected chi connectivity index (χ1v) is 12.3. The number of nitrogens with one attached hydrogen (secondary N) is 1. The highest BCUT2D eigenvalue weighted by atomic mass is 35.5. The lowest BCUT2D eigenvalue weighted by Gasteiger charge is -2.15. The number of aromatic nitrogens is 7. The Morgan fingerprint density at radius 1 is 1.22 bits per heavy atom. The SMILES string of the molecule is CC(=O)Oc1cc(-c2cnc([C@@H]3CCc4cc(-c5cc(Cl)ccc5-n5cnnn5)cc(=O)n43)[nH]2)cs1. The largest absolute Gasteiger partial charge is 0.416 e. The number of imidazole rings is 1. The van der Waals surface area contributed by atoms with Gasteiger partial charge in [0.25, 0.3) is 5.56 Å². The zero-order valence-corrected chi connectivity index (χ0v) is 20.5. The summed E-state index contributed by atoms with van der Waals surface area (Å²) < 4.78 is 8.48. The molecule has 1 aliphatic heterocycles. The van der Waals surface area contributed by atoms with E-state index in [2.05, 4.69) is 25.5 Å². The van der Waals surface area contributed by atoms with Crippen LogP contribution in [0.3, 0.4) is 0 Å². The molecule has 1 atom stereocenters. The Labute approximate surface area is 213 Å². The first-order valence-electron chi connectivity index (χ1n) is 11.1. The van der Waals surface area contributed by atoms with Crippen LogP contribution in [-0.4, -0.2) is 40.7 Å². The molecule has 0 unspecified atom stereocenters. The molecule has 0 bridgehead atoms. The number of esters is 1. The van der Waals surface area contributed by atoms with E-state index in [0.717, 1.165) is 46.6 Å². The molecule has 0 aliphatic carbocycles. The van der Waals surface area contributed by atoms with Crippen LogP contribution in [0.1, 0.15) is 30.9 Å². The molecule has 0 fully saturated rings. The number of carbonyl (C=O) groups excluding carboxylic acids is 1. The lowest BCUT2D eigenvalue weighted by atomic mass is 10.0. The zero-order chi connectivity index (χ0) is 24.8. The fourth-order valence-corrected chi connectivity index (χ4v) is 5.50. The van der Waals surface area contributed by atoms with Gasteiger partial charge < -0.3 is 14.3 Å². The summed E-state index contributed by atoms with van der Waals surface area (Å²) in [5.41, 5.74) is 4.68. The third-order valence-electron chi connectivity index (χ3n) is 6.04. The molecule has 5 heterocycles. The fourth-order valence-electron chi connectivity index (χ4n) is 4.53. The van der Waals surface area contributed by atoms with Crippen LogP contribution < -0.4 is 10.3 Å². The van der Waals surface area contributed by atoms with Crippen LogP contribution in [0.5, 0.6) is 5.06 Å². The smallest absolute Gasteiger partial charge is 0.308 e. The molecule has 36 heavy (non-hydrogen) atoms. The minimum absolute atomic E-state index is 0.127. The van der Waals surface area contributed by atoms with Gasteiger partial charge in [-0.05, 0) is 53.1 Å². The van der Waals surface area contributed by atoms with Crippen LogP contribution in [-0.2, 0) is 11.2 Å². The van der Waals surface area contributed by atoms with E-state index in [1.165, 1.54) is 24.6 Å². The second-order valence-corrected chi connectivity index (χ2v) is 9.65. The third kappa shape index (κ3) is 4.01. The van der Waals surface area contributed by atoms with E-state index in [0.29, 0.717) is 15.9 Å². The first kappa shape index (κ1) is 22.4. The Kier molecular flexibility index (Phi) is 5.50. The summed E-state index contributed by atoms with van der Waals surface area (Å²) in [7, 11) is 0. The van der Waals surface area contributed by atoms with Crippen molar-refractivity contribution in [2.24, 2.45) is 0 Å². The van der Waals surface area contributed by atoms with Crippen molar-refractivity contribution in [2.75, 3.05) is 0 Å². The van der Waals surface area contributed by atoms with Crippen molar-refractivity contribution in [1.29, 1.82) is 0 Å². The summed E-state index contributed by atoms with van der Waals surface area (Å²) in [6.45, 7) is 1.37. The molecule has 1 aromatic carbocycles. The molecule has 0 saturated carbocycles. The Bertz CT molecular complexity index is 1650. The Morgan fingerprint density at radius 3 is 2.92 bits per heavy atom. The van der Waals surface area contributed by atoms with Crippen LogP contribution in [0.15, 0.2) is 59.1 Å². The Hall–Kier alpha value is -4.09. The van der Waals surface area contributed by atoms with Gasteiger partial charge in [0.1, 0.15) is 12.2 Å². The van der Waals surface area contributed by atoms with Gasteiger partial charge in [-0.15, -0.1) is 16.4 Å². The standard InChI is InChI=1S/C24H18ClN7O3S/c1-13(33)35-23-8-15(11-36-23)19-10-26-24(28-19)21-5-3-17-6-14(7-22(34)32(17)21)18-9-16(25)2-4-20(18)31-12-27-29-30-31/h2,4,6-12,21H,3,5H2,1H3,(H,26,28)/t21-/m0/s1. The summed E-state index contributed by atoms with van der Waals surface area (Å²) in [4.78, 5) is 32.5. The topological polar surface area (TPSA) is 121 Å². The number of tetrazole rings is 1. The normalized spacial score (nSPS) is 14.7. The molecule has 4 aromatic heterocycles. The summed E-state index contributed by atoms with van der Waals surface area (Å²) >= 11 is 7.62. The molecule has 12 heteroatoms. The minimum Gasteiger partial charge on any atom is -0.416 e. The van der Waals surface area contributed by atoms with E-state index >= 15 is 0 Å². The number of rotatable bonds is 5. The number of hydrogen-bond donors (Lipinski definition) is 1. The molecular weight excluding hydrogens is 502 g/mol. The number of pyridine rings is 1. The van der Waals surface area contributed by atoms with Crippen LogP contribution in [0.25, 0.3) is 28.1 Å². The van der Waals surface area contributed by atoms with Gasteiger partial charge in [-0.3, -0.25) is 9.59 Å². The van der Waals surface area contributed by atoms with Gasteiger partial charge in [0.2, 0.25) is 0 Å². The van der Waals surface area contributed by atoms with Crippen LogP contribution in [0.4, 0.5) is 0 Å². The van der Waals surface area contributed by atoms with Crippen molar-refractivity contribution in [3.63, 3.8) is 0 Å². The van der Waals surface area contributed by atoms with E-state index in [1.807, 2.05) is 17.5 Å². The van der Waals surface area contributed by atoms with Gasteiger partial charge in [-0.25, -0.2) is 4.98 Å². The fraction of sp³-hybridized carbons (Fsp3) is 0.167. The summed E-state index contributed by atoms with van der Waals surface area (Å²) in [5.74, 6) is 0.342. The Balaban J connectivity index is 1.34. The molecule has 10 nitrogen and oxygen atoms in total. The molecule has 1 aliphatic rings. The molecule has 0 spiro atoms. The van der Waals surface area contributed by atoms with Gasteiger partial charge in [0, 0.05) is 46.3 Å². The lowest BCUT2D eigenvalue weighted by molar-refractivity contribution is -0.131. The number of aryl methyl sites for hydroxylation is 1. The number of carbonyl (C=O) groups is 1. The van der Waals surface area contributed by atoms with Gasteiger partial charge in [0.05, 0.1) is 23.6 Å². The number of nitrogens with zero attached hydrogens (tertiary/aromatic N) is 6. The molecule has 1 N–H and O–H groups in total. The van der Waals surface area contributed by atoms with E-state index in [4.69, 9.17) is 16.3 Å². The van der Waals surface area contributed by atoms with Gasteiger partial charge >= 0.3 is 5.97 Å². The number of aromatic amines is 1. The van der Waals surface area contributed by atoms with E-state index in [9.17, 15) is 9.59 Å². The van der Waals surface area contributed by atoms with E-state index in [1.54, 1.807) is 39.7 Å². The zero-order valence-electron chi connectivity index (χ0n) is 18.9. The third-order valence-corrected chi connectivity index (χ3v) is 7.08. The van der Waals surface area contributed by atoms with Crippen molar-refractivity contribution in [3.8, 4) is 33.1 Å². The molecule has 6 rings (SSSR count). The molecule has 180 valence electrons. The van der Waals surface area contributed by atoms with Crippen LogP contribution in [0.2, 0.25) is 5.02 Å². The van der Waals surface area contributed by atoms with Crippen molar-refractivity contribution < 1.29 is 9.53 Å². The number of benzene rings is 1. The van der Waals surface area contributed by atoms with Gasteiger partial charge in [-0.2, -0.15) is 4.68 Å². The monoisotopic (exact) mass is 519 g/mol. The summed E-state index contributed by atoms with van der Waals surface area (Å²) in [5, 5.41) is 14.4. The highest BCUT2D eigenvalue weighted by Gasteiger charge is 2.28. The van der Waals surface area contributed by atoms with Crippen LogP contribution >= 0.6 is 22.9 Å². The highest BCUT2D eigenvalue weighted by Crippen LogP contribution is 2.35. The maximum atomic E-state index is 13.3. The predicted molar refractivity (Wildman–Crippen MR) is 134 cm³/mol. The number of fused-ring (bicyclic) bond motifs is 1. The predicted octanol–water partition coefficient (Wildman–Crippen LogP) is 4.06. The first-order chi connectivity index (χ1) is 17.5. The highest BCUT2D eigenvalue weighted by molar-refractivity contribution is 7.12. The number of hydrogen-bond acceptors (Lipinski definition) is 8. The quantitative estimate of drug-likeness (QED) is 0.347. The van der Waals surface area contributed by atoms with Crippen molar-refractivity contribution >= 4 is 28.9 Å². The number of H-pyrrole nitrogens is 1. The average Bonchev–Trinajstić information content (AvgIpc) is 3.64. The maximum absolute atomic E-state index is 13.3. The second kappa shape index (κ2) is 8.85. The van der Waals surface area contributed by atoms with Gasteiger partial charge in [0.15, 0.2) is 5.06 Å².